The summed E-state index contributed by atoms with van der Waals surface area (Å²) in [5.74, 6) is -2.21. The Hall–Kier alpha value is -1.87. The zero-order valence-corrected chi connectivity index (χ0v) is 15.1. The van der Waals surface area contributed by atoms with Gasteiger partial charge in [-0.25, -0.2) is 12.8 Å². The molecule has 0 fully saturated rings. The number of benzene rings is 1. The molecule has 0 N–H and O–H groups in total. The highest BCUT2D eigenvalue weighted by atomic mass is 35.5. The SMILES string of the molecule is Cn1cc(S(=O)(=O)CCC(F)(F)F)cc1C(=O)Cc1ccc(F)c(Cl)c1. The molecular formula is C16H14ClF4NO3S. The van der Waals surface area contributed by atoms with Gasteiger partial charge in [0.05, 0.1) is 27.8 Å². The molecule has 1 heterocycles. The molecule has 0 radical (unpaired) electrons. The first-order valence-electron chi connectivity index (χ1n) is 7.32. The zero-order chi connectivity index (χ0) is 19.7. The van der Waals surface area contributed by atoms with Crippen LogP contribution in [0.5, 0.6) is 0 Å². The number of aryl methyl sites for hydroxylation is 1. The summed E-state index contributed by atoms with van der Waals surface area (Å²) in [4.78, 5) is 12.0. The Morgan fingerprint density at radius 1 is 1.23 bits per heavy atom. The number of carbonyl (C=O) groups is 1. The third-order valence-corrected chi connectivity index (χ3v) is 5.60. The minimum Gasteiger partial charge on any atom is -0.347 e. The fourth-order valence-corrected chi connectivity index (χ4v) is 3.82. The second-order valence-corrected chi connectivity index (χ2v) is 8.22. The number of sulfone groups is 1. The summed E-state index contributed by atoms with van der Waals surface area (Å²) in [6, 6.07) is 4.78. The van der Waals surface area contributed by atoms with Crippen molar-refractivity contribution in [3.63, 3.8) is 0 Å². The van der Waals surface area contributed by atoms with Gasteiger partial charge >= 0.3 is 6.18 Å². The number of hydrogen-bond donors (Lipinski definition) is 0. The van der Waals surface area contributed by atoms with Gasteiger partial charge in [0, 0.05) is 19.7 Å². The first-order valence-corrected chi connectivity index (χ1v) is 9.35. The fraction of sp³-hybridized carbons (Fsp3) is 0.312. The zero-order valence-electron chi connectivity index (χ0n) is 13.5. The smallest absolute Gasteiger partial charge is 0.347 e. The van der Waals surface area contributed by atoms with Crippen molar-refractivity contribution in [2.24, 2.45) is 7.05 Å². The maximum Gasteiger partial charge on any atom is 0.390 e. The molecular weight excluding hydrogens is 398 g/mol. The molecule has 142 valence electrons. The van der Waals surface area contributed by atoms with Crippen LogP contribution in [-0.4, -0.2) is 30.7 Å². The molecule has 2 aromatic rings. The van der Waals surface area contributed by atoms with Gasteiger partial charge in [0.1, 0.15) is 5.82 Å². The first kappa shape index (κ1) is 20.4. The molecule has 0 saturated heterocycles. The molecule has 1 aromatic carbocycles. The highest BCUT2D eigenvalue weighted by molar-refractivity contribution is 7.91. The van der Waals surface area contributed by atoms with Gasteiger partial charge in [0.15, 0.2) is 15.6 Å². The van der Waals surface area contributed by atoms with Gasteiger partial charge in [0.25, 0.3) is 0 Å². The summed E-state index contributed by atoms with van der Waals surface area (Å²) in [6.07, 6.45) is -5.14. The lowest BCUT2D eigenvalue weighted by Gasteiger charge is -2.05. The number of alkyl halides is 3. The number of Topliss-reactive ketones (excluding diaryl/α,β-unsaturated/α-hetero) is 1. The molecule has 0 aliphatic carbocycles. The van der Waals surface area contributed by atoms with Crippen LogP contribution in [0.1, 0.15) is 22.5 Å². The molecule has 0 aliphatic rings. The molecule has 1 aromatic heterocycles. The molecule has 0 unspecified atom stereocenters. The van der Waals surface area contributed by atoms with E-state index in [1.165, 1.54) is 23.7 Å². The number of hydrogen-bond acceptors (Lipinski definition) is 3. The van der Waals surface area contributed by atoms with Crippen molar-refractivity contribution in [3.05, 3.63) is 52.6 Å². The van der Waals surface area contributed by atoms with Crippen LogP contribution in [0.4, 0.5) is 17.6 Å². The Kier molecular flexibility index (Phi) is 5.82. The Morgan fingerprint density at radius 3 is 2.46 bits per heavy atom. The van der Waals surface area contributed by atoms with E-state index in [0.29, 0.717) is 5.56 Å². The van der Waals surface area contributed by atoms with Crippen LogP contribution in [0.3, 0.4) is 0 Å². The monoisotopic (exact) mass is 411 g/mol. The first-order chi connectivity index (χ1) is 11.9. The van der Waals surface area contributed by atoms with E-state index in [9.17, 15) is 30.8 Å². The van der Waals surface area contributed by atoms with Crippen molar-refractivity contribution in [1.29, 1.82) is 0 Å². The third-order valence-electron chi connectivity index (χ3n) is 3.63. The molecule has 26 heavy (non-hydrogen) atoms. The summed E-state index contributed by atoms with van der Waals surface area (Å²) in [5.41, 5.74) is 0.431. The van der Waals surface area contributed by atoms with E-state index in [4.69, 9.17) is 11.6 Å². The number of ketones is 1. The van der Waals surface area contributed by atoms with Crippen LogP contribution in [0.15, 0.2) is 35.4 Å². The largest absolute Gasteiger partial charge is 0.390 e. The molecule has 0 aliphatic heterocycles. The Labute approximate surface area is 152 Å². The minimum atomic E-state index is -4.59. The molecule has 2 rings (SSSR count). The summed E-state index contributed by atoms with van der Waals surface area (Å²) < 4.78 is 75.2. The molecule has 0 spiro atoms. The Morgan fingerprint density at radius 2 is 1.88 bits per heavy atom. The molecule has 4 nitrogen and oxygen atoms in total. The van der Waals surface area contributed by atoms with Crippen LogP contribution in [0.25, 0.3) is 0 Å². The predicted octanol–water partition coefficient (Wildman–Crippen LogP) is 3.97. The summed E-state index contributed by atoms with van der Waals surface area (Å²) in [7, 11) is -2.77. The van der Waals surface area contributed by atoms with Crippen molar-refractivity contribution in [1.82, 2.24) is 4.57 Å². The summed E-state index contributed by atoms with van der Waals surface area (Å²) >= 11 is 5.65. The summed E-state index contributed by atoms with van der Waals surface area (Å²) in [6.45, 7) is 0. The number of nitrogens with zero attached hydrogens (tertiary/aromatic N) is 1. The van der Waals surface area contributed by atoms with Crippen molar-refractivity contribution in [2.45, 2.75) is 23.9 Å². The van der Waals surface area contributed by atoms with Crippen LogP contribution in [-0.2, 0) is 23.3 Å². The second-order valence-electron chi connectivity index (χ2n) is 5.70. The van der Waals surface area contributed by atoms with Crippen molar-refractivity contribution in [2.75, 3.05) is 5.75 Å². The fourth-order valence-electron chi connectivity index (χ4n) is 2.28. The van der Waals surface area contributed by atoms with E-state index in [0.717, 1.165) is 18.3 Å². The summed E-state index contributed by atoms with van der Waals surface area (Å²) in [5, 5.41) is -0.155. The van der Waals surface area contributed by atoms with Gasteiger partial charge in [-0.15, -0.1) is 0 Å². The van der Waals surface area contributed by atoms with Gasteiger partial charge in [0.2, 0.25) is 0 Å². The van der Waals surface area contributed by atoms with E-state index >= 15 is 0 Å². The van der Waals surface area contributed by atoms with Crippen molar-refractivity contribution < 1.29 is 30.8 Å². The van der Waals surface area contributed by atoms with Gasteiger partial charge in [-0.05, 0) is 23.8 Å². The van der Waals surface area contributed by atoms with Crippen LogP contribution in [0.2, 0.25) is 5.02 Å². The molecule has 0 amide bonds. The molecule has 0 atom stereocenters. The number of carbonyl (C=O) groups excluding carboxylic acids is 1. The number of halogens is 5. The van der Waals surface area contributed by atoms with Gasteiger partial charge in [-0.3, -0.25) is 4.79 Å². The maximum atomic E-state index is 13.1. The average Bonchev–Trinajstić information content (AvgIpc) is 2.91. The normalized spacial score (nSPS) is 12.4. The van der Waals surface area contributed by atoms with Crippen LogP contribution >= 0.6 is 11.6 Å². The minimum absolute atomic E-state index is 0.0102. The lowest BCUT2D eigenvalue weighted by molar-refractivity contribution is -0.129. The van der Waals surface area contributed by atoms with E-state index in [1.54, 1.807) is 0 Å². The van der Waals surface area contributed by atoms with Gasteiger partial charge in [-0.2, -0.15) is 13.2 Å². The van der Waals surface area contributed by atoms with Gasteiger partial charge in [-0.1, -0.05) is 17.7 Å². The van der Waals surface area contributed by atoms with Crippen LogP contribution in [0, 0.1) is 5.82 Å². The Balaban J connectivity index is 2.21. The highest BCUT2D eigenvalue weighted by Crippen LogP contribution is 2.24. The predicted molar refractivity (Wildman–Crippen MR) is 87.6 cm³/mol. The van der Waals surface area contributed by atoms with Gasteiger partial charge < -0.3 is 4.57 Å². The quantitative estimate of drug-likeness (QED) is 0.534. The highest BCUT2D eigenvalue weighted by Gasteiger charge is 2.31. The molecule has 0 saturated carbocycles. The topological polar surface area (TPSA) is 56.1 Å². The number of aromatic nitrogens is 1. The van der Waals surface area contributed by atoms with Crippen molar-refractivity contribution >= 4 is 27.2 Å². The molecule has 0 bridgehead atoms. The third kappa shape index (κ3) is 5.07. The maximum absolute atomic E-state index is 13.1. The lowest BCUT2D eigenvalue weighted by Crippen LogP contribution is -2.16. The molecule has 10 heteroatoms. The standard InChI is InChI=1S/C16H14ClF4NO3S/c1-22-9-11(26(24,25)5-4-16(19,20)21)8-14(22)15(23)7-10-2-3-13(18)12(17)6-10/h2-3,6,8-9H,4-5,7H2,1H3. The van der Waals surface area contributed by atoms with Crippen LogP contribution < -0.4 is 0 Å². The van der Waals surface area contributed by atoms with E-state index in [-0.39, 0.29) is 22.0 Å². The van der Waals surface area contributed by atoms with E-state index in [1.807, 2.05) is 0 Å². The Bertz CT molecular complexity index is 935. The number of rotatable bonds is 6. The van der Waals surface area contributed by atoms with E-state index in [2.05, 4.69) is 0 Å². The lowest BCUT2D eigenvalue weighted by atomic mass is 10.1. The second kappa shape index (κ2) is 7.40. The van der Waals surface area contributed by atoms with Crippen molar-refractivity contribution in [3.8, 4) is 0 Å². The van der Waals surface area contributed by atoms with E-state index < -0.39 is 39.8 Å². The average molecular weight is 412 g/mol.